The summed E-state index contributed by atoms with van der Waals surface area (Å²) in [5.74, 6) is 0. The zero-order valence-corrected chi connectivity index (χ0v) is 10.6. The second-order valence-corrected chi connectivity index (χ2v) is 0. The summed E-state index contributed by atoms with van der Waals surface area (Å²) in [6.45, 7) is 0. The van der Waals surface area contributed by atoms with E-state index < -0.39 is 0 Å². The van der Waals surface area contributed by atoms with Crippen molar-refractivity contribution < 1.29 is 67.7 Å². The molecular formula is Fe3NiS4-. The zero-order valence-electron chi connectivity index (χ0n) is 3.01. The smallest absolute Gasteiger partial charge is 1.00 e. The molecule has 0 heterocycles. The van der Waals surface area contributed by atoms with Crippen LogP contribution in [-0.2, 0) is 122 Å². The van der Waals surface area contributed by atoms with Crippen molar-refractivity contribution in [1.82, 2.24) is 0 Å². The van der Waals surface area contributed by atoms with E-state index in [0.717, 1.165) is 0 Å². The molecule has 59 valence electrons. The molecule has 0 spiro atoms. The predicted molar refractivity (Wildman–Crippen MR) is 29.5 cm³/mol. The van der Waals surface area contributed by atoms with E-state index in [1.807, 2.05) is 0 Å². The third-order valence-corrected chi connectivity index (χ3v) is 0. The van der Waals surface area contributed by atoms with Crippen LogP contribution < -0.4 is 0 Å². The molecule has 0 unspecified atom stereocenters. The first-order chi connectivity index (χ1) is 0. The molecule has 0 atom stereocenters. The molecule has 0 N–H and O–H groups in total. The van der Waals surface area contributed by atoms with Gasteiger partial charge in [0.2, 0.25) is 0 Å². The van der Waals surface area contributed by atoms with Crippen molar-refractivity contribution in [3.63, 3.8) is 0 Å². The Morgan fingerprint density at radius 3 is 0.375 bits per heavy atom. The van der Waals surface area contributed by atoms with Crippen LogP contribution >= 0.6 is 0 Å². The van der Waals surface area contributed by atoms with E-state index in [1.54, 1.807) is 0 Å². The van der Waals surface area contributed by atoms with Crippen LogP contribution in [0.3, 0.4) is 0 Å². The summed E-state index contributed by atoms with van der Waals surface area (Å²) < 4.78 is 0. The normalized spacial score (nSPS) is 0. The van der Waals surface area contributed by atoms with Gasteiger partial charge in [0.1, 0.15) is 0 Å². The second kappa shape index (κ2) is 78.4. The molecule has 0 aliphatic heterocycles. The minimum atomic E-state index is 0. The van der Waals surface area contributed by atoms with Crippen LogP contribution in [0.4, 0.5) is 0 Å². The van der Waals surface area contributed by atoms with Crippen molar-refractivity contribution >= 4 is 54.0 Å². The van der Waals surface area contributed by atoms with Crippen LogP contribution in [0.1, 0.15) is 0 Å². The Labute approximate surface area is 120 Å². The summed E-state index contributed by atoms with van der Waals surface area (Å²) in [5.41, 5.74) is 0. The third kappa shape index (κ3) is 56.7. The van der Waals surface area contributed by atoms with Gasteiger partial charge in [-0.05, 0) is 0 Å². The van der Waals surface area contributed by atoms with Crippen molar-refractivity contribution in [3.05, 3.63) is 0 Å². The molecule has 0 aliphatic rings. The molecule has 0 aromatic carbocycles. The van der Waals surface area contributed by atoms with Gasteiger partial charge in [0.15, 0.2) is 0 Å². The summed E-state index contributed by atoms with van der Waals surface area (Å²) in [7, 11) is 0. The molecule has 0 rings (SSSR count). The Kier molecular flexibility index (Phi) is 1030. The molecular weight excluding hydrogens is 354 g/mol. The molecule has 0 saturated carbocycles. The molecule has 0 saturated heterocycles. The van der Waals surface area contributed by atoms with E-state index in [4.69, 9.17) is 0 Å². The second-order valence-electron chi connectivity index (χ2n) is 0. The van der Waals surface area contributed by atoms with Crippen molar-refractivity contribution in [2.75, 3.05) is 0 Å². The molecule has 0 aromatic heterocycles. The summed E-state index contributed by atoms with van der Waals surface area (Å²) in [6.07, 6.45) is 0. The SMILES string of the molecule is [Fe].[Fe].[Fe].[Ni+3].[S-].[S-].[S-].[S-]. The van der Waals surface area contributed by atoms with E-state index in [9.17, 15) is 0 Å². The van der Waals surface area contributed by atoms with Crippen LogP contribution in [0.5, 0.6) is 0 Å². The van der Waals surface area contributed by atoms with Crippen molar-refractivity contribution in [2.24, 2.45) is 0 Å². The number of rotatable bonds is 0. The summed E-state index contributed by atoms with van der Waals surface area (Å²) in [5, 5.41) is 0. The van der Waals surface area contributed by atoms with Crippen LogP contribution in [0.15, 0.2) is 0 Å². The third-order valence-electron chi connectivity index (χ3n) is 0. The van der Waals surface area contributed by atoms with Gasteiger partial charge in [-0.2, -0.15) is 0 Å². The first-order valence-electron chi connectivity index (χ1n) is 0. The molecule has 8 heteroatoms. The Hall–Kier alpha value is 3.45. The zero-order chi connectivity index (χ0) is 0. The van der Waals surface area contributed by atoms with E-state index in [-0.39, 0.29) is 122 Å². The van der Waals surface area contributed by atoms with Gasteiger partial charge in [0.25, 0.3) is 0 Å². The fourth-order valence-corrected chi connectivity index (χ4v) is 0. The average Bonchev–Trinajstić information content (AvgIpc) is 0. The summed E-state index contributed by atoms with van der Waals surface area (Å²) >= 11 is 0. The Morgan fingerprint density at radius 2 is 0.375 bits per heavy atom. The van der Waals surface area contributed by atoms with Gasteiger partial charge in [-0.15, -0.1) is 0 Å². The maximum absolute atomic E-state index is 0. The fraction of sp³-hybridized carbons (Fsp3) is 0. The number of hydrogen-bond acceptors (Lipinski definition) is 4. The molecule has 0 aromatic rings. The van der Waals surface area contributed by atoms with Crippen LogP contribution in [-0.4, -0.2) is 0 Å². The van der Waals surface area contributed by atoms with Gasteiger partial charge in [0, 0.05) is 51.2 Å². The summed E-state index contributed by atoms with van der Waals surface area (Å²) in [6, 6.07) is 0. The quantitative estimate of drug-likeness (QED) is 0.424. The predicted octanol–water partition coefficient (Wildman–Crippen LogP) is -0.0196. The van der Waals surface area contributed by atoms with Gasteiger partial charge < -0.3 is 54.0 Å². The Balaban J connectivity index is 0. The summed E-state index contributed by atoms with van der Waals surface area (Å²) in [4.78, 5) is 0. The van der Waals surface area contributed by atoms with Crippen LogP contribution in [0, 0.1) is 0 Å². The molecule has 0 fully saturated rings. The van der Waals surface area contributed by atoms with Gasteiger partial charge >= 0.3 is 16.5 Å². The number of hydrogen-bond donors (Lipinski definition) is 0. The first kappa shape index (κ1) is 105. The van der Waals surface area contributed by atoms with Crippen molar-refractivity contribution in [1.29, 1.82) is 0 Å². The van der Waals surface area contributed by atoms with Gasteiger partial charge in [-0.3, -0.25) is 0 Å². The van der Waals surface area contributed by atoms with E-state index in [1.165, 1.54) is 0 Å². The van der Waals surface area contributed by atoms with Crippen molar-refractivity contribution in [2.45, 2.75) is 0 Å². The maximum atomic E-state index is 0. The minimum Gasteiger partial charge on any atom is -1.00 e. The minimum absolute atomic E-state index is 0. The molecule has 0 aliphatic carbocycles. The molecule has 0 amide bonds. The molecule has 5 radical (unpaired) electrons. The molecule has 0 bridgehead atoms. The van der Waals surface area contributed by atoms with E-state index >= 15 is 0 Å². The van der Waals surface area contributed by atoms with Crippen LogP contribution in [0.2, 0.25) is 0 Å². The standard InChI is InChI=1S/3Fe.Ni.4S/q;;;+3;4*-1. The van der Waals surface area contributed by atoms with Gasteiger partial charge in [-0.1, -0.05) is 0 Å². The van der Waals surface area contributed by atoms with Gasteiger partial charge in [0.05, 0.1) is 0 Å². The Morgan fingerprint density at radius 1 is 0.375 bits per heavy atom. The average molecular weight is 354 g/mol. The largest absolute Gasteiger partial charge is 3.00 e. The topological polar surface area (TPSA) is 0 Å². The Bertz CT molecular complexity index is 11.2. The van der Waals surface area contributed by atoms with E-state index in [0.29, 0.717) is 0 Å². The first-order valence-corrected chi connectivity index (χ1v) is 0. The van der Waals surface area contributed by atoms with E-state index in [2.05, 4.69) is 0 Å². The van der Waals surface area contributed by atoms with Crippen LogP contribution in [0.25, 0.3) is 0 Å². The monoisotopic (exact) mass is 354 g/mol. The fourth-order valence-electron chi connectivity index (χ4n) is 0. The maximum Gasteiger partial charge on any atom is 3.00 e. The molecule has 0 nitrogen and oxygen atoms in total. The van der Waals surface area contributed by atoms with Gasteiger partial charge in [-0.25, -0.2) is 0 Å². The molecule has 8 heavy (non-hydrogen) atoms. The van der Waals surface area contributed by atoms with Crippen molar-refractivity contribution in [3.8, 4) is 0 Å².